The average Bonchev–Trinajstić information content (AvgIpc) is 2.63. The van der Waals surface area contributed by atoms with Gasteiger partial charge < -0.3 is 10.2 Å². The van der Waals surface area contributed by atoms with Crippen molar-refractivity contribution in [3.63, 3.8) is 0 Å². The van der Waals surface area contributed by atoms with Crippen LogP contribution in [0, 0.1) is 5.92 Å². The van der Waals surface area contributed by atoms with Gasteiger partial charge in [0.25, 0.3) is 0 Å². The Bertz CT molecular complexity index is 340. The zero-order chi connectivity index (χ0) is 11.5. The maximum Gasteiger partial charge on any atom is 0.0327 e. The summed E-state index contributed by atoms with van der Waals surface area (Å²) in [7, 11) is 2.21. The highest BCUT2D eigenvalue weighted by Crippen LogP contribution is 2.23. The third kappa shape index (κ3) is 3.06. The van der Waals surface area contributed by atoms with E-state index in [1.54, 1.807) is 0 Å². The molecule has 1 N–H and O–H groups in total. The summed E-state index contributed by atoms with van der Waals surface area (Å²) >= 11 is 5.40. The molecule has 2 unspecified atom stereocenters. The molecule has 0 spiro atoms. The van der Waals surface area contributed by atoms with Gasteiger partial charge in [-0.05, 0) is 53.3 Å². The molecule has 2 heterocycles. The summed E-state index contributed by atoms with van der Waals surface area (Å²) in [5.41, 5.74) is 0. The fourth-order valence-electron chi connectivity index (χ4n) is 2.33. The first kappa shape index (κ1) is 12.6. The molecule has 1 aromatic rings. The summed E-state index contributed by atoms with van der Waals surface area (Å²) in [4.78, 5) is 3.83. The van der Waals surface area contributed by atoms with Crippen molar-refractivity contribution >= 4 is 27.3 Å². The van der Waals surface area contributed by atoms with Crippen LogP contribution in [0.4, 0.5) is 0 Å². The van der Waals surface area contributed by atoms with E-state index >= 15 is 0 Å². The molecule has 2 atom stereocenters. The number of hydrogen-bond acceptors (Lipinski definition) is 3. The molecular formula is C12H19BrN2S. The molecule has 1 aromatic heterocycles. The number of hydrogen-bond donors (Lipinski definition) is 1. The Morgan fingerprint density at radius 2 is 2.44 bits per heavy atom. The van der Waals surface area contributed by atoms with E-state index in [1.165, 1.54) is 28.9 Å². The third-order valence-electron chi connectivity index (χ3n) is 3.32. The minimum absolute atomic E-state index is 0.671. The molecule has 0 saturated carbocycles. The van der Waals surface area contributed by atoms with E-state index in [-0.39, 0.29) is 0 Å². The van der Waals surface area contributed by atoms with Gasteiger partial charge in [-0.25, -0.2) is 0 Å². The summed E-state index contributed by atoms with van der Waals surface area (Å²) in [5, 5.41) is 5.83. The molecule has 4 heteroatoms. The van der Waals surface area contributed by atoms with Crippen LogP contribution < -0.4 is 5.32 Å². The second-order valence-corrected chi connectivity index (χ2v) is 6.56. The van der Waals surface area contributed by atoms with Crippen LogP contribution >= 0.6 is 27.3 Å². The SMILES string of the molecule is CC1CN(C)CCC1NCc1sccc1Br. The number of likely N-dealkylation sites (tertiary alicyclic amines) is 1. The van der Waals surface area contributed by atoms with Crippen molar-refractivity contribution in [2.75, 3.05) is 20.1 Å². The first-order valence-electron chi connectivity index (χ1n) is 5.80. The number of piperidine rings is 1. The average molecular weight is 303 g/mol. The van der Waals surface area contributed by atoms with Crippen molar-refractivity contribution in [1.29, 1.82) is 0 Å². The monoisotopic (exact) mass is 302 g/mol. The van der Waals surface area contributed by atoms with Crippen LogP contribution in [0.5, 0.6) is 0 Å². The van der Waals surface area contributed by atoms with Crippen molar-refractivity contribution in [2.24, 2.45) is 5.92 Å². The van der Waals surface area contributed by atoms with E-state index < -0.39 is 0 Å². The molecule has 2 rings (SSSR count). The highest BCUT2D eigenvalue weighted by atomic mass is 79.9. The normalized spacial score (nSPS) is 27.2. The molecule has 1 aliphatic rings. The van der Waals surface area contributed by atoms with Crippen molar-refractivity contribution < 1.29 is 0 Å². The lowest BCUT2D eigenvalue weighted by Crippen LogP contribution is -2.46. The highest BCUT2D eigenvalue weighted by molar-refractivity contribution is 9.10. The smallest absolute Gasteiger partial charge is 0.0327 e. The number of nitrogens with one attached hydrogen (secondary N) is 1. The maximum atomic E-state index is 3.69. The van der Waals surface area contributed by atoms with Gasteiger partial charge in [0.15, 0.2) is 0 Å². The van der Waals surface area contributed by atoms with Gasteiger partial charge >= 0.3 is 0 Å². The summed E-state index contributed by atoms with van der Waals surface area (Å²) in [6, 6.07) is 2.80. The Morgan fingerprint density at radius 1 is 1.62 bits per heavy atom. The van der Waals surface area contributed by atoms with Crippen molar-refractivity contribution in [2.45, 2.75) is 25.9 Å². The van der Waals surface area contributed by atoms with Crippen LogP contribution in [0.15, 0.2) is 15.9 Å². The van der Waals surface area contributed by atoms with Gasteiger partial charge in [0, 0.05) is 28.5 Å². The second kappa shape index (κ2) is 5.63. The van der Waals surface area contributed by atoms with Crippen LogP contribution in [0.3, 0.4) is 0 Å². The summed E-state index contributed by atoms with van der Waals surface area (Å²) in [6.07, 6.45) is 1.26. The maximum absolute atomic E-state index is 3.69. The number of halogens is 1. The lowest BCUT2D eigenvalue weighted by molar-refractivity contribution is 0.174. The Kier molecular flexibility index (Phi) is 4.41. The van der Waals surface area contributed by atoms with Crippen LogP contribution in [-0.4, -0.2) is 31.1 Å². The van der Waals surface area contributed by atoms with Gasteiger partial charge in [0.1, 0.15) is 0 Å². The summed E-state index contributed by atoms with van der Waals surface area (Å²) in [5.74, 6) is 0.748. The van der Waals surface area contributed by atoms with Gasteiger partial charge in [-0.3, -0.25) is 0 Å². The van der Waals surface area contributed by atoms with Gasteiger partial charge in [-0.2, -0.15) is 0 Å². The lowest BCUT2D eigenvalue weighted by Gasteiger charge is -2.35. The second-order valence-electron chi connectivity index (χ2n) is 4.71. The molecule has 1 fully saturated rings. The molecule has 0 amide bonds. The quantitative estimate of drug-likeness (QED) is 0.923. The molecule has 1 saturated heterocycles. The molecule has 16 heavy (non-hydrogen) atoms. The minimum atomic E-state index is 0.671. The van der Waals surface area contributed by atoms with E-state index in [4.69, 9.17) is 0 Å². The van der Waals surface area contributed by atoms with E-state index in [1.807, 2.05) is 11.3 Å². The largest absolute Gasteiger partial charge is 0.309 e. The van der Waals surface area contributed by atoms with Crippen LogP contribution in [0.25, 0.3) is 0 Å². The van der Waals surface area contributed by atoms with Gasteiger partial charge in [-0.15, -0.1) is 11.3 Å². The van der Waals surface area contributed by atoms with Gasteiger partial charge in [0.05, 0.1) is 0 Å². The van der Waals surface area contributed by atoms with Crippen LogP contribution in [0.1, 0.15) is 18.2 Å². The number of thiophene rings is 1. The van der Waals surface area contributed by atoms with E-state index in [0.717, 1.165) is 12.5 Å². The fourth-order valence-corrected chi connectivity index (χ4v) is 3.78. The topological polar surface area (TPSA) is 15.3 Å². The van der Waals surface area contributed by atoms with Gasteiger partial charge in [-0.1, -0.05) is 6.92 Å². The molecule has 1 aliphatic heterocycles. The zero-order valence-electron chi connectivity index (χ0n) is 9.87. The van der Waals surface area contributed by atoms with Gasteiger partial charge in [0.2, 0.25) is 0 Å². The molecule has 0 aromatic carbocycles. The van der Waals surface area contributed by atoms with E-state index in [9.17, 15) is 0 Å². The predicted octanol–water partition coefficient (Wildman–Crippen LogP) is 2.94. The first-order valence-corrected chi connectivity index (χ1v) is 7.48. The molecule has 0 aliphatic carbocycles. The Labute approximate surface area is 110 Å². The van der Waals surface area contributed by atoms with E-state index in [0.29, 0.717) is 6.04 Å². The Balaban J connectivity index is 1.84. The van der Waals surface area contributed by atoms with E-state index in [2.05, 4.69) is 51.6 Å². The Morgan fingerprint density at radius 3 is 3.06 bits per heavy atom. The van der Waals surface area contributed by atoms with Crippen molar-refractivity contribution in [3.05, 3.63) is 20.8 Å². The molecule has 0 bridgehead atoms. The molecule has 2 nitrogen and oxygen atoms in total. The zero-order valence-corrected chi connectivity index (χ0v) is 12.3. The van der Waals surface area contributed by atoms with Crippen molar-refractivity contribution in [3.8, 4) is 0 Å². The fraction of sp³-hybridized carbons (Fsp3) is 0.667. The Hall–Kier alpha value is 0.100. The highest BCUT2D eigenvalue weighted by Gasteiger charge is 2.23. The standard InChI is InChI=1S/C12H19BrN2S/c1-9-8-15(2)5-3-11(9)14-7-12-10(13)4-6-16-12/h4,6,9,11,14H,3,5,7-8H2,1-2H3. The van der Waals surface area contributed by atoms with Crippen LogP contribution in [-0.2, 0) is 6.54 Å². The van der Waals surface area contributed by atoms with Crippen molar-refractivity contribution in [1.82, 2.24) is 10.2 Å². The number of nitrogens with zero attached hydrogens (tertiary/aromatic N) is 1. The molecule has 90 valence electrons. The number of rotatable bonds is 3. The molecule has 0 radical (unpaired) electrons. The third-order valence-corrected chi connectivity index (χ3v) is 5.25. The first-order chi connectivity index (χ1) is 7.66. The lowest BCUT2D eigenvalue weighted by atomic mass is 9.94. The summed E-state index contributed by atoms with van der Waals surface area (Å²) < 4.78 is 1.24. The molecular weight excluding hydrogens is 284 g/mol. The predicted molar refractivity (Wildman–Crippen MR) is 73.9 cm³/mol. The minimum Gasteiger partial charge on any atom is -0.309 e. The van der Waals surface area contributed by atoms with Crippen LogP contribution in [0.2, 0.25) is 0 Å². The summed E-state index contributed by atoms with van der Waals surface area (Å²) in [6.45, 7) is 5.77.